The molecule has 2 aliphatic rings. The lowest BCUT2D eigenvalue weighted by molar-refractivity contribution is -0.140. The van der Waals surface area contributed by atoms with E-state index in [1.807, 2.05) is 42.5 Å². The highest BCUT2D eigenvalue weighted by Gasteiger charge is 2.49. The summed E-state index contributed by atoms with van der Waals surface area (Å²) in [4.78, 5) is 28.7. The number of thiazole rings is 1. The summed E-state index contributed by atoms with van der Waals surface area (Å²) in [5.41, 5.74) is 1.94. The lowest BCUT2D eigenvalue weighted by Crippen LogP contribution is -2.37. The maximum atomic E-state index is 12.9. The molecular formula is C19H12ClNO3S2. The van der Waals surface area contributed by atoms with Crippen LogP contribution in [-0.4, -0.2) is 11.0 Å². The van der Waals surface area contributed by atoms with Gasteiger partial charge in [0.15, 0.2) is 0 Å². The van der Waals surface area contributed by atoms with Gasteiger partial charge in [0.05, 0.1) is 16.2 Å². The molecule has 3 heterocycles. The average molecular weight is 402 g/mol. The van der Waals surface area contributed by atoms with E-state index in [9.17, 15) is 9.59 Å². The van der Waals surface area contributed by atoms with Gasteiger partial charge in [-0.15, -0.1) is 0 Å². The molecular weight excluding hydrogens is 390 g/mol. The Balaban J connectivity index is 1.73. The molecule has 5 rings (SSSR count). The van der Waals surface area contributed by atoms with E-state index in [0.717, 1.165) is 21.0 Å². The number of thioether (sulfide) groups is 1. The van der Waals surface area contributed by atoms with E-state index in [1.165, 1.54) is 23.1 Å². The van der Waals surface area contributed by atoms with E-state index in [2.05, 4.69) is 4.98 Å². The molecule has 0 aliphatic carbocycles. The Morgan fingerprint density at radius 3 is 2.62 bits per heavy atom. The van der Waals surface area contributed by atoms with E-state index in [4.69, 9.17) is 16.3 Å². The Morgan fingerprint density at radius 1 is 1.04 bits per heavy atom. The second kappa shape index (κ2) is 6.01. The van der Waals surface area contributed by atoms with Crippen LogP contribution in [0.1, 0.15) is 27.2 Å². The minimum atomic E-state index is -0.393. The number of carbonyl (C=O) groups is 1. The average Bonchev–Trinajstić information content (AvgIpc) is 3.01. The number of aromatic amines is 1. The molecule has 0 amide bonds. The fourth-order valence-electron chi connectivity index (χ4n) is 3.69. The van der Waals surface area contributed by atoms with Crippen LogP contribution in [0.5, 0.6) is 5.75 Å². The predicted molar refractivity (Wildman–Crippen MR) is 102 cm³/mol. The first-order chi connectivity index (χ1) is 12.6. The number of rotatable bonds is 1. The zero-order valence-corrected chi connectivity index (χ0v) is 15.7. The van der Waals surface area contributed by atoms with Crippen LogP contribution < -0.4 is 9.61 Å². The summed E-state index contributed by atoms with van der Waals surface area (Å²) in [7, 11) is 0. The molecule has 26 heavy (non-hydrogen) atoms. The van der Waals surface area contributed by atoms with Crippen molar-refractivity contribution in [2.24, 2.45) is 5.92 Å². The summed E-state index contributed by atoms with van der Waals surface area (Å²) in [6.45, 7) is 0. The number of hydrogen-bond donors (Lipinski definition) is 1. The number of nitrogens with one attached hydrogen (secondary N) is 1. The summed E-state index contributed by atoms with van der Waals surface area (Å²) in [6, 6.07) is 15.1. The third kappa shape index (κ3) is 2.44. The van der Waals surface area contributed by atoms with Gasteiger partial charge in [0.25, 0.3) is 0 Å². The van der Waals surface area contributed by atoms with Crippen molar-refractivity contribution in [3.05, 3.63) is 79.2 Å². The van der Waals surface area contributed by atoms with Crippen LogP contribution in [0.3, 0.4) is 0 Å². The van der Waals surface area contributed by atoms with Crippen molar-refractivity contribution in [1.29, 1.82) is 0 Å². The summed E-state index contributed by atoms with van der Waals surface area (Å²) in [6.07, 6.45) is 0. The molecule has 7 heteroatoms. The van der Waals surface area contributed by atoms with Crippen molar-refractivity contribution < 1.29 is 9.53 Å². The number of hydrogen-bond acceptors (Lipinski definition) is 5. The molecule has 0 fully saturated rings. The van der Waals surface area contributed by atoms with Crippen LogP contribution in [0, 0.1) is 5.92 Å². The summed E-state index contributed by atoms with van der Waals surface area (Å²) in [5.74, 6) is -0.261. The first kappa shape index (κ1) is 16.2. The summed E-state index contributed by atoms with van der Waals surface area (Å²) >= 11 is 8.72. The molecule has 3 aromatic rings. The number of ether oxygens (including phenoxy) is 1. The molecule has 0 saturated heterocycles. The van der Waals surface area contributed by atoms with Gasteiger partial charge < -0.3 is 9.72 Å². The predicted octanol–water partition coefficient (Wildman–Crippen LogP) is 4.60. The quantitative estimate of drug-likeness (QED) is 0.478. The maximum absolute atomic E-state index is 12.9. The molecule has 0 spiro atoms. The Morgan fingerprint density at radius 2 is 1.81 bits per heavy atom. The van der Waals surface area contributed by atoms with Gasteiger partial charge in [-0.1, -0.05) is 65.0 Å². The Kier molecular flexibility index (Phi) is 3.74. The molecule has 4 nitrogen and oxygen atoms in total. The number of fused-ring (bicyclic) bond motifs is 5. The SMILES string of the molecule is O=C1Oc2ccccc2[C@@H]2c3sc(=O)[nH]c3S[C@@H](c3ccc(Cl)cc3)[C@H]12. The number of esters is 1. The topological polar surface area (TPSA) is 59.2 Å². The first-order valence-electron chi connectivity index (χ1n) is 8.07. The van der Waals surface area contributed by atoms with Gasteiger partial charge in [0.2, 0.25) is 0 Å². The van der Waals surface area contributed by atoms with E-state index >= 15 is 0 Å². The van der Waals surface area contributed by atoms with E-state index in [1.54, 1.807) is 6.07 Å². The van der Waals surface area contributed by atoms with Crippen LogP contribution >= 0.6 is 34.7 Å². The van der Waals surface area contributed by atoms with Crippen LogP contribution in [0.2, 0.25) is 5.02 Å². The van der Waals surface area contributed by atoms with Crippen molar-refractivity contribution in [2.75, 3.05) is 0 Å². The summed E-state index contributed by atoms with van der Waals surface area (Å²) < 4.78 is 5.64. The standard InChI is InChI=1S/C19H12ClNO3S2/c20-10-7-5-9(6-8-10)15-14-13(16-17(25-15)21-19(23)26-16)11-3-1-2-4-12(11)24-18(14)22/h1-8,13-15H,(H,21,23)/t13-,14+,15-/m0/s1. The lowest BCUT2D eigenvalue weighted by Gasteiger charge is -2.39. The highest BCUT2D eigenvalue weighted by Crippen LogP contribution is 2.58. The van der Waals surface area contributed by atoms with Gasteiger partial charge >= 0.3 is 10.8 Å². The Labute approximate surface area is 162 Å². The number of benzene rings is 2. The molecule has 1 N–H and O–H groups in total. The van der Waals surface area contributed by atoms with Crippen LogP contribution in [0.25, 0.3) is 0 Å². The molecule has 2 aromatic carbocycles. The molecule has 0 saturated carbocycles. The number of H-pyrrole nitrogens is 1. The highest BCUT2D eigenvalue weighted by molar-refractivity contribution is 7.99. The number of aromatic nitrogens is 1. The minimum Gasteiger partial charge on any atom is -0.426 e. The van der Waals surface area contributed by atoms with Crippen molar-refractivity contribution in [3.63, 3.8) is 0 Å². The highest BCUT2D eigenvalue weighted by atomic mass is 35.5. The third-order valence-electron chi connectivity index (χ3n) is 4.79. The first-order valence-corrected chi connectivity index (χ1v) is 10.1. The fraction of sp³-hybridized carbons (Fsp3) is 0.158. The molecule has 130 valence electrons. The van der Waals surface area contributed by atoms with E-state index < -0.39 is 5.92 Å². The largest absolute Gasteiger partial charge is 0.426 e. The van der Waals surface area contributed by atoms with E-state index in [0.29, 0.717) is 10.8 Å². The van der Waals surface area contributed by atoms with Gasteiger partial charge in [-0.05, 0) is 23.8 Å². The Hall–Kier alpha value is -2.02. The molecule has 3 atom stereocenters. The zero-order chi connectivity index (χ0) is 17.8. The normalized spacial score (nSPS) is 23.6. The van der Waals surface area contributed by atoms with Crippen molar-refractivity contribution in [2.45, 2.75) is 16.2 Å². The molecule has 0 unspecified atom stereocenters. The van der Waals surface area contributed by atoms with Crippen LogP contribution in [0.15, 0.2) is 58.4 Å². The van der Waals surface area contributed by atoms with Crippen molar-refractivity contribution in [3.8, 4) is 5.75 Å². The maximum Gasteiger partial charge on any atom is 0.316 e. The smallest absolute Gasteiger partial charge is 0.316 e. The number of halogens is 1. The number of carbonyl (C=O) groups excluding carboxylic acids is 1. The van der Waals surface area contributed by atoms with Crippen LogP contribution in [0.4, 0.5) is 0 Å². The fourth-order valence-corrected chi connectivity index (χ4v) is 6.40. The molecule has 2 aliphatic heterocycles. The van der Waals surface area contributed by atoms with Crippen molar-refractivity contribution >= 4 is 40.7 Å². The molecule has 0 bridgehead atoms. The van der Waals surface area contributed by atoms with Gasteiger partial charge in [0, 0.05) is 21.4 Å². The van der Waals surface area contributed by atoms with Gasteiger partial charge in [0.1, 0.15) is 5.75 Å². The van der Waals surface area contributed by atoms with Gasteiger partial charge in [-0.2, -0.15) is 0 Å². The molecule has 1 aromatic heterocycles. The van der Waals surface area contributed by atoms with Crippen molar-refractivity contribution in [1.82, 2.24) is 4.98 Å². The van der Waals surface area contributed by atoms with E-state index in [-0.39, 0.29) is 22.0 Å². The summed E-state index contributed by atoms with van der Waals surface area (Å²) in [5, 5.41) is 1.33. The number of para-hydroxylation sites is 1. The lowest BCUT2D eigenvalue weighted by atomic mass is 9.78. The second-order valence-corrected chi connectivity index (χ2v) is 8.86. The molecule has 0 radical (unpaired) electrons. The zero-order valence-electron chi connectivity index (χ0n) is 13.3. The minimum absolute atomic E-state index is 0.102. The second-order valence-electron chi connectivity index (χ2n) is 6.26. The monoisotopic (exact) mass is 401 g/mol. The van der Waals surface area contributed by atoms with Gasteiger partial charge in [-0.25, -0.2) is 0 Å². The van der Waals surface area contributed by atoms with Crippen LogP contribution in [-0.2, 0) is 4.79 Å². The Bertz CT molecular complexity index is 1070. The van der Waals surface area contributed by atoms with Gasteiger partial charge in [-0.3, -0.25) is 9.59 Å². The third-order valence-corrected chi connectivity index (χ3v) is 7.51.